The van der Waals surface area contributed by atoms with Crippen molar-refractivity contribution < 1.29 is 26.4 Å². The zero-order chi connectivity index (χ0) is 33.6. The Morgan fingerprint density at radius 3 is 2.23 bits per heavy atom. The summed E-state index contributed by atoms with van der Waals surface area (Å²) in [7, 11) is -3.91. The summed E-state index contributed by atoms with van der Waals surface area (Å²) in [6.07, 6.45) is -2.27. The molecule has 1 amide bonds. The van der Waals surface area contributed by atoms with E-state index in [-0.39, 0.29) is 45.6 Å². The zero-order valence-corrected chi connectivity index (χ0v) is 27.7. The highest BCUT2D eigenvalue weighted by Crippen LogP contribution is 2.38. The third kappa shape index (κ3) is 7.12. The number of carbonyl (C=O) groups excluding carboxylic acids is 1. The molecule has 1 aliphatic carbocycles. The lowest BCUT2D eigenvalue weighted by atomic mass is 9.84. The van der Waals surface area contributed by atoms with Crippen molar-refractivity contribution in [1.82, 2.24) is 19.5 Å². The van der Waals surface area contributed by atoms with E-state index in [2.05, 4.69) is 47.5 Å². The van der Waals surface area contributed by atoms with E-state index in [9.17, 15) is 26.4 Å². The van der Waals surface area contributed by atoms with Crippen molar-refractivity contribution in [2.24, 2.45) is 5.92 Å². The number of hydrogen-bond acceptors (Lipinski definition) is 4. The monoisotopic (exact) mass is 666 g/mol. The Labute approximate surface area is 274 Å². The van der Waals surface area contributed by atoms with Gasteiger partial charge in [-0.1, -0.05) is 54.6 Å². The zero-order valence-electron chi connectivity index (χ0n) is 26.8. The molecule has 1 unspecified atom stereocenters. The van der Waals surface area contributed by atoms with Gasteiger partial charge in [0.05, 0.1) is 16.5 Å². The van der Waals surface area contributed by atoms with Gasteiger partial charge in [0.2, 0.25) is 15.9 Å². The summed E-state index contributed by atoms with van der Waals surface area (Å²) < 4.78 is 70.5. The topological polar surface area (TPSA) is 85.5 Å². The van der Waals surface area contributed by atoms with Gasteiger partial charge in [-0.2, -0.15) is 13.2 Å². The molecule has 0 bridgehead atoms. The van der Waals surface area contributed by atoms with Crippen molar-refractivity contribution in [3.63, 3.8) is 0 Å². The molecule has 2 N–H and O–H groups in total. The summed E-state index contributed by atoms with van der Waals surface area (Å²) >= 11 is 0. The van der Waals surface area contributed by atoms with Gasteiger partial charge in [0, 0.05) is 59.3 Å². The lowest BCUT2D eigenvalue weighted by Crippen LogP contribution is -2.57. The highest BCUT2D eigenvalue weighted by Gasteiger charge is 2.39. The van der Waals surface area contributed by atoms with E-state index < -0.39 is 21.8 Å². The van der Waals surface area contributed by atoms with Gasteiger partial charge >= 0.3 is 6.18 Å². The molecular formula is C36H41F3N4O3S. The first kappa shape index (κ1) is 33.2. The van der Waals surface area contributed by atoms with Crippen molar-refractivity contribution in [2.45, 2.75) is 75.1 Å². The number of nitrogens with zero attached hydrogens (tertiary/aromatic N) is 2. The smallest absolute Gasteiger partial charge is 0.354 e. The molecule has 250 valence electrons. The standard InChI is InChI=1S/C36H41F3N4O3S/c1-35(2,3)42-19-20-43(33(23-42)24-9-5-4-6-10-24)34(44)25-13-16-27(17-14-25)41-47(45,46)28-18-15-26-21-32(40-31(26)22-28)29-11-7-8-12-30(29)36(37,38)39/h4-12,15,18,21-22,25,27,33,40-41H,13-14,16-17,19-20,23H2,1-3H3. The first-order valence-corrected chi connectivity index (χ1v) is 17.6. The van der Waals surface area contributed by atoms with Crippen LogP contribution < -0.4 is 4.72 Å². The van der Waals surface area contributed by atoms with Crippen LogP contribution in [0.1, 0.15) is 63.6 Å². The molecule has 1 aliphatic heterocycles. The molecule has 11 heteroatoms. The molecule has 0 spiro atoms. The third-order valence-corrected chi connectivity index (χ3v) is 11.1. The third-order valence-electron chi connectivity index (χ3n) is 9.62. The van der Waals surface area contributed by atoms with Crippen LogP contribution in [0.25, 0.3) is 22.2 Å². The van der Waals surface area contributed by atoms with E-state index in [0.29, 0.717) is 43.1 Å². The van der Waals surface area contributed by atoms with Crippen molar-refractivity contribution in [3.05, 3.63) is 90.0 Å². The largest absolute Gasteiger partial charge is 0.417 e. The Morgan fingerprint density at radius 2 is 1.55 bits per heavy atom. The minimum atomic E-state index is -4.53. The molecule has 3 aromatic carbocycles. The van der Waals surface area contributed by atoms with Crippen LogP contribution in [0.4, 0.5) is 13.2 Å². The average Bonchev–Trinajstić information content (AvgIpc) is 3.48. The minimum Gasteiger partial charge on any atom is -0.354 e. The first-order chi connectivity index (χ1) is 22.2. The van der Waals surface area contributed by atoms with Crippen LogP contribution in [0.3, 0.4) is 0 Å². The lowest BCUT2D eigenvalue weighted by Gasteiger charge is -2.48. The number of hydrogen-bond donors (Lipinski definition) is 2. The second kappa shape index (κ2) is 12.7. The summed E-state index contributed by atoms with van der Waals surface area (Å²) in [5, 5.41) is 0.604. The van der Waals surface area contributed by atoms with Gasteiger partial charge in [-0.15, -0.1) is 0 Å². The Bertz CT molecular complexity index is 1840. The fourth-order valence-corrected chi connectivity index (χ4v) is 8.31. The summed E-state index contributed by atoms with van der Waals surface area (Å²) in [5.74, 6) is -0.0368. The minimum absolute atomic E-state index is 0.00351. The van der Waals surface area contributed by atoms with Crippen LogP contribution in [-0.2, 0) is 21.0 Å². The van der Waals surface area contributed by atoms with Crippen molar-refractivity contribution in [1.29, 1.82) is 0 Å². The maximum atomic E-state index is 13.9. The number of carbonyl (C=O) groups is 1. The number of aromatic nitrogens is 1. The molecule has 1 aromatic heterocycles. The lowest BCUT2D eigenvalue weighted by molar-refractivity contribution is -0.143. The number of rotatable bonds is 6. The number of aromatic amines is 1. The number of piperazine rings is 1. The maximum absolute atomic E-state index is 13.9. The summed E-state index contributed by atoms with van der Waals surface area (Å²) in [6.45, 7) is 8.79. The molecule has 2 heterocycles. The van der Waals surface area contributed by atoms with Crippen LogP contribution in [0.5, 0.6) is 0 Å². The summed E-state index contributed by atoms with van der Waals surface area (Å²) in [6, 6.07) is 21.2. The van der Waals surface area contributed by atoms with Crippen LogP contribution in [0.2, 0.25) is 0 Å². The molecule has 47 heavy (non-hydrogen) atoms. The molecule has 1 saturated carbocycles. The molecule has 1 saturated heterocycles. The van der Waals surface area contributed by atoms with Gasteiger partial charge in [-0.25, -0.2) is 13.1 Å². The van der Waals surface area contributed by atoms with Crippen LogP contribution in [-0.4, -0.2) is 60.3 Å². The van der Waals surface area contributed by atoms with E-state index in [1.54, 1.807) is 12.1 Å². The molecule has 4 aromatic rings. The molecule has 7 nitrogen and oxygen atoms in total. The van der Waals surface area contributed by atoms with E-state index >= 15 is 0 Å². The maximum Gasteiger partial charge on any atom is 0.417 e. The average molecular weight is 667 g/mol. The molecule has 1 atom stereocenters. The number of amides is 1. The van der Waals surface area contributed by atoms with Crippen molar-refractivity contribution in [2.75, 3.05) is 19.6 Å². The molecule has 6 rings (SSSR count). The van der Waals surface area contributed by atoms with E-state index in [1.165, 1.54) is 30.3 Å². The number of benzene rings is 3. The SMILES string of the molecule is CC(C)(C)N1CCN(C(=O)C2CCC(NS(=O)(=O)c3ccc4cc(-c5ccccc5C(F)(F)F)[nH]c4c3)CC2)C(c2ccccc2)C1. The van der Waals surface area contributed by atoms with Gasteiger partial charge < -0.3 is 9.88 Å². The number of fused-ring (bicyclic) bond motifs is 1. The van der Waals surface area contributed by atoms with Gasteiger partial charge in [-0.05, 0) is 76.3 Å². The number of H-pyrrole nitrogens is 1. The van der Waals surface area contributed by atoms with Gasteiger partial charge in [0.1, 0.15) is 0 Å². The quantitative estimate of drug-likeness (QED) is 0.225. The number of sulfonamides is 1. The van der Waals surface area contributed by atoms with Gasteiger partial charge in [0.15, 0.2) is 0 Å². The molecule has 2 fully saturated rings. The predicted octanol–water partition coefficient (Wildman–Crippen LogP) is 7.37. The highest BCUT2D eigenvalue weighted by molar-refractivity contribution is 7.89. The number of nitrogens with one attached hydrogen (secondary N) is 2. The van der Waals surface area contributed by atoms with Crippen LogP contribution >= 0.6 is 0 Å². The second-order valence-corrected chi connectivity index (χ2v) is 15.4. The summed E-state index contributed by atoms with van der Waals surface area (Å²) in [5.41, 5.74) is 1.02. The Morgan fingerprint density at radius 1 is 0.872 bits per heavy atom. The van der Waals surface area contributed by atoms with E-state index in [1.807, 2.05) is 23.1 Å². The van der Waals surface area contributed by atoms with Crippen LogP contribution in [0.15, 0.2) is 83.8 Å². The van der Waals surface area contributed by atoms with E-state index in [0.717, 1.165) is 24.7 Å². The van der Waals surface area contributed by atoms with Crippen molar-refractivity contribution >= 4 is 26.8 Å². The molecular weight excluding hydrogens is 625 g/mol. The molecule has 0 radical (unpaired) electrons. The van der Waals surface area contributed by atoms with Gasteiger partial charge in [-0.3, -0.25) is 9.69 Å². The van der Waals surface area contributed by atoms with Crippen molar-refractivity contribution in [3.8, 4) is 11.3 Å². The molecule has 2 aliphatic rings. The highest BCUT2D eigenvalue weighted by atomic mass is 32.2. The first-order valence-electron chi connectivity index (χ1n) is 16.1. The van der Waals surface area contributed by atoms with E-state index in [4.69, 9.17) is 0 Å². The summed E-state index contributed by atoms with van der Waals surface area (Å²) in [4.78, 5) is 21.4. The Hall–Kier alpha value is -3.67. The van der Waals surface area contributed by atoms with Crippen LogP contribution in [0, 0.1) is 5.92 Å². The normalized spacial score (nSPS) is 21.7. The number of halogens is 3. The number of alkyl halides is 3. The Balaban J connectivity index is 1.12. The predicted molar refractivity (Wildman–Crippen MR) is 177 cm³/mol. The Kier molecular flexibility index (Phi) is 9.01. The van der Waals surface area contributed by atoms with Gasteiger partial charge in [0.25, 0.3) is 0 Å². The fourth-order valence-electron chi connectivity index (χ4n) is 6.98. The second-order valence-electron chi connectivity index (χ2n) is 13.7. The fraction of sp³-hybridized carbons (Fsp3) is 0.417.